The molecular weight excluding hydrogens is 226 g/mol. The Balaban J connectivity index is 2.73. The van der Waals surface area contributed by atoms with Crippen LogP contribution in [0.25, 0.3) is 0 Å². The lowest BCUT2D eigenvalue weighted by atomic mass is 9.94. The molecule has 0 bridgehead atoms. The first-order valence-corrected chi connectivity index (χ1v) is 6.41. The number of aryl methyl sites for hydroxylation is 1. The number of amides is 1. The van der Waals surface area contributed by atoms with E-state index >= 15 is 0 Å². The van der Waals surface area contributed by atoms with Gasteiger partial charge in [0.2, 0.25) is 5.91 Å². The molecule has 1 aromatic carbocycles. The molecule has 1 atom stereocenters. The van der Waals surface area contributed by atoms with E-state index in [0.717, 1.165) is 12.0 Å². The van der Waals surface area contributed by atoms with Crippen LogP contribution >= 0.6 is 0 Å². The van der Waals surface area contributed by atoms with Crippen molar-refractivity contribution in [3.63, 3.8) is 0 Å². The molecule has 18 heavy (non-hydrogen) atoms. The summed E-state index contributed by atoms with van der Waals surface area (Å²) in [4.78, 5) is 11.5. The van der Waals surface area contributed by atoms with Gasteiger partial charge in [-0.2, -0.15) is 0 Å². The molecule has 0 fully saturated rings. The van der Waals surface area contributed by atoms with Crippen LogP contribution < -0.4 is 5.32 Å². The third-order valence-corrected chi connectivity index (χ3v) is 3.21. The fourth-order valence-electron chi connectivity index (χ4n) is 1.78. The number of rotatable bonds is 6. The molecule has 1 aromatic rings. The minimum atomic E-state index is -0.475. The van der Waals surface area contributed by atoms with E-state index in [1.54, 1.807) is 7.11 Å². The van der Waals surface area contributed by atoms with Crippen molar-refractivity contribution >= 4 is 5.91 Å². The molecule has 0 aliphatic carbocycles. The van der Waals surface area contributed by atoms with Gasteiger partial charge in [-0.1, -0.05) is 36.8 Å². The second kappa shape index (κ2) is 6.55. The van der Waals surface area contributed by atoms with Crippen LogP contribution in [0.1, 0.15) is 37.8 Å². The highest BCUT2D eigenvalue weighted by atomic mass is 16.5. The smallest absolute Gasteiger partial charge is 0.220 e. The molecule has 1 rings (SSSR count). The van der Waals surface area contributed by atoms with Gasteiger partial charge in [-0.05, 0) is 25.8 Å². The molecule has 0 spiro atoms. The van der Waals surface area contributed by atoms with E-state index in [4.69, 9.17) is 4.74 Å². The summed E-state index contributed by atoms with van der Waals surface area (Å²) in [5.74, 6) is 0.0767. The zero-order valence-corrected chi connectivity index (χ0v) is 11.7. The first kappa shape index (κ1) is 14.7. The van der Waals surface area contributed by atoms with Gasteiger partial charge >= 0.3 is 0 Å². The number of ether oxygens (including phenoxy) is 1. The standard InChI is InChI=1S/C15H23NO2/c1-5-6-14(17)16-11-15(3,18-4)13-9-7-12(2)8-10-13/h7-10H,5-6,11H2,1-4H3,(H,16,17)/t15-/m1/s1. The van der Waals surface area contributed by atoms with E-state index in [1.165, 1.54) is 5.56 Å². The van der Waals surface area contributed by atoms with E-state index in [1.807, 2.05) is 26.0 Å². The van der Waals surface area contributed by atoms with Crippen molar-refractivity contribution in [1.29, 1.82) is 0 Å². The highest BCUT2D eigenvalue weighted by Gasteiger charge is 2.26. The van der Waals surface area contributed by atoms with Crippen molar-refractivity contribution in [2.45, 2.75) is 39.2 Å². The molecule has 1 amide bonds. The van der Waals surface area contributed by atoms with Gasteiger partial charge in [0.1, 0.15) is 5.60 Å². The normalized spacial score (nSPS) is 14.0. The van der Waals surface area contributed by atoms with Crippen molar-refractivity contribution in [3.8, 4) is 0 Å². The first-order valence-electron chi connectivity index (χ1n) is 6.41. The third kappa shape index (κ3) is 3.84. The zero-order valence-electron chi connectivity index (χ0n) is 11.7. The fourth-order valence-corrected chi connectivity index (χ4v) is 1.78. The highest BCUT2D eigenvalue weighted by Crippen LogP contribution is 2.24. The van der Waals surface area contributed by atoms with Gasteiger partial charge < -0.3 is 10.1 Å². The monoisotopic (exact) mass is 249 g/mol. The summed E-state index contributed by atoms with van der Waals surface area (Å²) in [6.07, 6.45) is 1.42. The summed E-state index contributed by atoms with van der Waals surface area (Å²) in [7, 11) is 1.67. The predicted octanol–water partition coefficient (Wildman–Crippen LogP) is 2.77. The Morgan fingerprint density at radius 2 is 1.94 bits per heavy atom. The van der Waals surface area contributed by atoms with Gasteiger partial charge in [-0.15, -0.1) is 0 Å². The Morgan fingerprint density at radius 3 is 2.44 bits per heavy atom. The van der Waals surface area contributed by atoms with Crippen LogP contribution in [0, 0.1) is 6.92 Å². The lowest BCUT2D eigenvalue weighted by Crippen LogP contribution is -2.40. The lowest BCUT2D eigenvalue weighted by Gasteiger charge is -2.29. The Labute approximate surface area is 110 Å². The molecule has 0 aliphatic heterocycles. The molecule has 0 unspecified atom stereocenters. The number of benzene rings is 1. The summed E-state index contributed by atoms with van der Waals surface area (Å²) in [5, 5.41) is 2.92. The van der Waals surface area contributed by atoms with Crippen molar-refractivity contribution in [1.82, 2.24) is 5.32 Å². The van der Waals surface area contributed by atoms with Gasteiger partial charge in [0.25, 0.3) is 0 Å². The van der Waals surface area contributed by atoms with Crippen LogP contribution in [-0.4, -0.2) is 19.6 Å². The van der Waals surface area contributed by atoms with Gasteiger partial charge in [-0.3, -0.25) is 4.79 Å². The second-order valence-corrected chi connectivity index (χ2v) is 4.83. The largest absolute Gasteiger partial charge is 0.372 e. The maximum Gasteiger partial charge on any atom is 0.220 e. The SMILES string of the molecule is CCCC(=O)NC[C@@](C)(OC)c1ccc(C)cc1. The predicted molar refractivity (Wildman–Crippen MR) is 73.5 cm³/mol. The van der Waals surface area contributed by atoms with Crippen molar-refractivity contribution in [2.24, 2.45) is 0 Å². The van der Waals surface area contributed by atoms with Gasteiger partial charge in [0.05, 0.1) is 6.54 Å². The number of carbonyl (C=O) groups is 1. The fraction of sp³-hybridized carbons (Fsp3) is 0.533. The quantitative estimate of drug-likeness (QED) is 0.842. The Hall–Kier alpha value is -1.35. The topological polar surface area (TPSA) is 38.3 Å². The Bertz CT molecular complexity index is 386. The summed E-state index contributed by atoms with van der Waals surface area (Å²) in [5.41, 5.74) is 1.82. The molecule has 0 heterocycles. The molecule has 0 aliphatic rings. The summed E-state index contributed by atoms with van der Waals surface area (Å²) < 4.78 is 5.58. The molecule has 0 saturated heterocycles. The number of hydrogen-bond donors (Lipinski definition) is 1. The van der Waals surface area contributed by atoms with Crippen LogP contribution in [0.2, 0.25) is 0 Å². The molecular formula is C15H23NO2. The average Bonchev–Trinajstić information content (AvgIpc) is 2.37. The summed E-state index contributed by atoms with van der Waals surface area (Å²) >= 11 is 0. The van der Waals surface area contributed by atoms with E-state index < -0.39 is 5.60 Å². The zero-order chi connectivity index (χ0) is 13.6. The Morgan fingerprint density at radius 1 is 1.33 bits per heavy atom. The number of carbonyl (C=O) groups excluding carboxylic acids is 1. The maximum absolute atomic E-state index is 11.5. The van der Waals surface area contributed by atoms with Crippen LogP contribution in [0.3, 0.4) is 0 Å². The number of nitrogens with one attached hydrogen (secondary N) is 1. The van der Waals surface area contributed by atoms with Gasteiger partial charge in [0, 0.05) is 13.5 Å². The van der Waals surface area contributed by atoms with Crippen LogP contribution in [-0.2, 0) is 15.1 Å². The van der Waals surface area contributed by atoms with Gasteiger partial charge in [0.15, 0.2) is 0 Å². The van der Waals surface area contributed by atoms with Crippen LogP contribution in [0.5, 0.6) is 0 Å². The highest BCUT2D eigenvalue weighted by molar-refractivity contribution is 5.75. The van der Waals surface area contributed by atoms with Crippen LogP contribution in [0.4, 0.5) is 0 Å². The van der Waals surface area contributed by atoms with E-state index in [9.17, 15) is 4.79 Å². The third-order valence-electron chi connectivity index (χ3n) is 3.21. The number of methoxy groups -OCH3 is 1. The molecule has 3 heteroatoms. The van der Waals surface area contributed by atoms with Crippen molar-refractivity contribution < 1.29 is 9.53 Å². The molecule has 0 radical (unpaired) electrons. The first-order chi connectivity index (χ1) is 8.51. The van der Waals surface area contributed by atoms with Crippen molar-refractivity contribution in [2.75, 3.05) is 13.7 Å². The summed E-state index contributed by atoms with van der Waals surface area (Å²) in [6, 6.07) is 8.20. The minimum Gasteiger partial charge on any atom is -0.372 e. The number of hydrogen-bond acceptors (Lipinski definition) is 2. The van der Waals surface area contributed by atoms with E-state index in [-0.39, 0.29) is 5.91 Å². The molecule has 1 N–H and O–H groups in total. The maximum atomic E-state index is 11.5. The second-order valence-electron chi connectivity index (χ2n) is 4.83. The molecule has 0 saturated carbocycles. The molecule has 3 nitrogen and oxygen atoms in total. The summed E-state index contributed by atoms with van der Waals surface area (Å²) in [6.45, 7) is 6.53. The average molecular weight is 249 g/mol. The van der Waals surface area contributed by atoms with Crippen LogP contribution in [0.15, 0.2) is 24.3 Å². The molecule has 100 valence electrons. The Kier molecular flexibility index (Phi) is 5.35. The minimum absolute atomic E-state index is 0.0767. The van der Waals surface area contributed by atoms with E-state index in [2.05, 4.69) is 24.4 Å². The van der Waals surface area contributed by atoms with Crippen molar-refractivity contribution in [3.05, 3.63) is 35.4 Å². The van der Waals surface area contributed by atoms with Gasteiger partial charge in [-0.25, -0.2) is 0 Å². The van der Waals surface area contributed by atoms with E-state index in [0.29, 0.717) is 13.0 Å². The molecule has 0 aromatic heterocycles. The lowest BCUT2D eigenvalue weighted by molar-refractivity contribution is -0.122.